The number of ether oxygens (including phenoxy) is 2. The van der Waals surface area contributed by atoms with E-state index in [2.05, 4.69) is 10.3 Å². The van der Waals surface area contributed by atoms with Gasteiger partial charge in [0.15, 0.2) is 5.13 Å². The predicted octanol–water partition coefficient (Wildman–Crippen LogP) is 1.27. The Morgan fingerprint density at radius 1 is 1.50 bits per heavy atom. The lowest BCUT2D eigenvalue weighted by Gasteiger charge is -2.14. The Morgan fingerprint density at radius 3 is 3.00 bits per heavy atom. The highest BCUT2D eigenvalue weighted by molar-refractivity contribution is 7.22. The summed E-state index contributed by atoms with van der Waals surface area (Å²) < 4.78 is 11.1. The molecular weight excluding hydrogens is 278 g/mol. The van der Waals surface area contributed by atoms with E-state index in [1.807, 2.05) is 0 Å². The van der Waals surface area contributed by atoms with Crippen LogP contribution in [0.4, 0.5) is 5.13 Å². The first-order chi connectivity index (χ1) is 9.63. The fourth-order valence-corrected chi connectivity index (χ4v) is 2.56. The highest BCUT2D eigenvalue weighted by atomic mass is 32.1. The minimum Gasteiger partial charge on any atom is -0.382 e. The van der Waals surface area contributed by atoms with Crippen LogP contribution in [0.25, 0.3) is 10.2 Å². The van der Waals surface area contributed by atoms with E-state index in [-0.39, 0.29) is 12.0 Å². The van der Waals surface area contributed by atoms with Gasteiger partial charge in [-0.3, -0.25) is 4.79 Å². The number of anilines is 1. The van der Waals surface area contributed by atoms with Crippen LogP contribution in [-0.4, -0.2) is 44.4 Å². The van der Waals surface area contributed by atoms with Crippen LogP contribution in [0.15, 0.2) is 18.2 Å². The van der Waals surface area contributed by atoms with E-state index in [4.69, 9.17) is 15.2 Å². The lowest BCUT2D eigenvalue weighted by atomic mass is 10.2. The van der Waals surface area contributed by atoms with Gasteiger partial charge in [-0.1, -0.05) is 11.3 Å². The molecule has 3 N–H and O–H groups in total. The number of nitrogen functional groups attached to an aromatic ring is 1. The molecule has 0 fully saturated rings. The Labute approximate surface area is 120 Å². The summed E-state index contributed by atoms with van der Waals surface area (Å²) in [6.07, 6.45) is -0.160. The first-order valence-corrected chi connectivity index (χ1v) is 6.91. The second-order valence-electron chi connectivity index (χ2n) is 4.26. The summed E-state index contributed by atoms with van der Waals surface area (Å²) in [5.74, 6) is -0.156. The monoisotopic (exact) mass is 295 g/mol. The Balaban J connectivity index is 2.03. The van der Waals surface area contributed by atoms with Crippen LogP contribution in [0.3, 0.4) is 0 Å². The number of thiazole rings is 1. The molecule has 7 heteroatoms. The van der Waals surface area contributed by atoms with Crippen molar-refractivity contribution in [3.8, 4) is 0 Å². The fourth-order valence-electron chi connectivity index (χ4n) is 1.79. The quantitative estimate of drug-likeness (QED) is 0.838. The molecule has 0 bridgehead atoms. The molecule has 1 amide bonds. The molecule has 0 aliphatic heterocycles. The van der Waals surface area contributed by atoms with Crippen LogP contribution >= 0.6 is 11.3 Å². The highest BCUT2D eigenvalue weighted by Gasteiger charge is 2.12. The minimum atomic E-state index is -0.160. The average Bonchev–Trinajstić information content (AvgIpc) is 2.82. The number of nitrogens with one attached hydrogen (secondary N) is 1. The zero-order chi connectivity index (χ0) is 14.5. The maximum atomic E-state index is 12.1. The molecule has 0 saturated heterocycles. The average molecular weight is 295 g/mol. The van der Waals surface area contributed by atoms with Crippen molar-refractivity contribution in [3.63, 3.8) is 0 Å². The lowest BCUT2D eigenvalue weighted by Crippen LogP contribution is -2.35. The van der Waals surface area contributed by atoms with E-state index in [9.17, 15) is 4.79 Å². The van der Waals surface area contributed by atoms with E-state index >= 15 is 0 Å². The molecule has 0 aliphatic rings. The number of hydrogen-bond acceptors (Lipinski definition) is 6. The van der Waals surface area contributed by atoms with Gasteiger partial charge >= 0.3 is 0 Å². The molecule has 0 saturated carbocycles. The number of aromatic nitrogens is 1. The van der Waals surface area contributed by atoms with Crippen molar-refractivity contribution < 1.29 is 14.3 Å². The number of rotatable bonds is 6. The number of benzene rings is 1. The molecule has 6 nitrogen and oxygen atoms in total. The SMILES string of the molecule is COCC(CNC(=O)c1ccc2nc(N)sc2c1)OC. The van der Waals surface area contributed by atoms with Crippen molar-refractivity contribution in [1.29, 1.82) is 0 Å². The molecule has 1 heterocycles. The van der Waals surface area contributed by atoms with Crippen molar-refractivity contribution in [3.05, 3.63) is 23.8 Å². The van der Waals surface area contributed by atoms with Crippen molar-refractivity contribution in [2.24, 2.45) is 0 Å². The molecule has 0 aliphatic carbocycles. The van der Waals surface area contributed by atoms with Crippen LogP contribution in [0, 0.1) is 0 Å². The Bertz CT molecular complexity index is 600. The van der Waals surface area contributed by atoms with Crippen LogP contribution < -0.4 is 11.1 Å². The van der Waals surface area contributed by atoms with Gasteiger partial charge < -0.3 is 20.5 Å². The zero-order valence-electron chi connectivity index (χ0n) is 11.4. The zero-order valence-corrected chi connectivity index (χ0v) is 12.2. The van der Waals surface area contributed by atoms with Gasteiger partial charge in [-0.15, -0.1) is 0 Å². The van der Waals surface area contributed by atoms with Crippen molar-refractivity contribution in [2.45, 2.75) is 6.10 Å². The van der Waals surface area contributed by atoms with Crippen LogP contribution in [-0.2, 0) is 9.47 Å². The maximum Gasteiger partial charge on any atom is 0.251 e. The molecule has 1 unspecified atom stereocenters. The molecule has 0 spiro atoms. The third-order valence-corrected chi connectivity index (χ3v) is 3.69. The minimum absolute atomic E-state index is 0.156. The number of nitrogens with zero attached hydrogens (tertiary/aromatic N) is 1. The maximum absolute atomic E-state index is 12.1. The highest BCUT2D eigenvalue weighted by Crippen LogP contribution is 2.24. The van der Waals surface area contributed by atoms with Gasteiger partial charge in [-0.05, 0) is 18.2 Å². The number of amides is 1. The van der Waals surface area contributed by atoms with Gasteiger partial charge in [-0.25, -0.2) is 4.98 Å². The Morgan fingerprint density at radius 2 is 2.30 bits per heavy atom. The molecule has 2 aromatic rings. The fraction of sp³-hybridized carbons (Fsp3) is 0.385. The lowest BCUT2D eigenvalue weighted by molar-refractivity contribution is 0.0285. The number of methoxy groups -OCH3 is 2. The topological polar surface area (TPSA) is 86.5 Å². The summed E-state index contributed by atoms with van der Waals surface area (Å²) in [6, 6.07) is 5.31. The first-order valence-electron chi connectivity index (χ1n) is 6.10. The second kappa shape index (κ2) is 6.65. The van der Waals surface area contributed by atoms with Crippen LogP contribution in [0.2, 0.25) is 0 Å². The van der Waals surface area contributed by atoms with Crippen molar-refractivity contribution in [1.82, 2.24) is 10.3 Å². The Hall–Kier alpha value is -1.70. The predicted molar refractivity (Wildman–Crippen MR) is 79.0 cm³/mol. The molecule has 1 aromatic heterocycles. The normalized spacial score (nSPS) is 12.5. The van der Waals surface area contributed by atoms with E-state index in [1.165, 1.54) is 11.3 Å². The molecule has 1 atom stereocenters. The third kappa shape index (κ3) is 3.44. The third-order valence-electron chi connectivity index (χ3n) is 2.84. The number of nitrogens with two attached hydrogens (primary N) is 1. The van der Waals surface area contributed by atoms with Gasteiger partial charge in [0.05, 0.1) is 22.9 Å². The van der Waals surface area contributed by atoms with Crippen molar-refractivity contribution >= 4 is 32.6 Å². The summed E-state index contributed by atoms with van der Waals surface area (Å²) in [7, 11) is 3.18. The Kier molecular flexibility index (Phi) is 4.89. The number of carbonyl (C=O) groups is 1. The van der Waals surface area contributed by atoms with Gasteiger partial charge in [0.25, 0.3) is 5.91 Å². The summed E-state index contributed by atoms with van der Waals surface area (Å²) in [5.41, 5.74) is 7.02. The first kappa shape index (κ1) is 14.7. The molecule has 0 radical (unpaired) electrons. The van der Waals surface area contributed by atoms with Gasteiger partial charge in [-0.2, -0.15) is 0 Å². The van der Waals surface area contributed by atoms with Crippen LogP contribution in [0.5, 0.6) is 0 Å². The van der Waals surface area contributed by atoms with Gasteiger partial charge in [0.2, 0.25) is 0 Å². The largest absolute Gasteiger partial charge is 0.382 e. The van der Waals surface area contributed by atoms with E-state index in [0.717, 1.165) is 10.2 Å². The van der Waals surface area contributed by atoms with E-state index < -0.39 is 0 Å². The molecule has 1 aromatic carbocycles. The number of hydrogen-bond donors (Lipinski definition) is 2. The molecule has 108 valence electrons. The second-order valence-corrected chi connectivity index (χ2v) is 5.32. The summed E-state index contributed by atoms with van der Waals surface area (Å²) in [6.45, 7) is 0.827. The standard InChI is InChI=1S/C13H17N3O3S/c1-18-7-9(19-2)6-15-12(17)8-3-4-10-11(5-8)20-13(14)16-10/h3-5,9H,6-7H2,1-2H3,(H2,14,16)(H,15,17). The van der Waals surface area contributed by atoms with Gasteiger partial charge in [0, 0.05) is 26.3 Å². The molecular formula is C13H17N3O3S. The van der Waals surface area contributed by atoms with Gasteiger partial charge in [0.1, 0.15) is 0 Å². The molecule has 20 heavy (non-hydrogen) atoms. The summed E-state index contributed by atoms with van der Waals surface area (Å²) in [4.78, 5) is 16.2. The van der Waals surface area contributed by atoms with Crippen LogP contribution in [0.1, 0.15) is 10.4 Å². The number of carbonyl (C=O) groups excluding carboxylic acids is 1. The smallest absolute Gasteiger partial charge is 0.251 e. The van der Waals surface area contributed by atoms with Crippen molar-refractivity contribution in [2.75, 3.05) is 33.1 Å². The summed E-state index contributed by atoms with van der Waals surface area (Å²) >= 11 is 1.36. The molecule has 2 rings (SSSR count). The van der Waals surface area contributed by atoms with E-state index in [1.54, 1.807) is 32.4 Å². The number of fused-ring (bicyclic) bond motifs is 1. The van der Waals surface area contributed by atoms with E-state index in [0.29, 0.717) is 23.8 Å². The summed E-state index contributed by atoms with van der Waals surface area (Å²) in [5, 5.41) is 3.31.